The van der Waals surface area contributed by atoms with Gasteiger partial charge in [0, 0.05) is 12.1 Å². The van der Waals surface area contributed by atoms with Crippen LogP contribution in [0.15, 0.2) is 44.9 Å². The average Bonchev–Trinajstić information content (AvgIpc) is 2.42. The van der Waals surface area contributed by atoms with E-state index in [2.05, 4.69) is 0 Å². The highest BCUT2D eigenvalue weighted by Crippen LogP contribution is 2.18. The van der Waals surface area contributed by atoms with E-state index < -0.39 is 42.6 Å². The smallest absolute Gasteiger partial charge is 0.271 e. The highest BCUT2D eigenvalue weighted by atomic mass is 32.2. The third-order valence-corrected chi connectivity index (χ3v) is 4.09. The number of aromatic amines is 1. The molecule has 0 saturated heterocycles. The first-order valence-corrected chi connectivity index (χ1v) is 6.69. The number of H-pyrrole nitrogens is 1. The lowest BCUT2D eigenvalue weighted by atomic mass is 10.3. The van der Waals surface area contributed by atoms with Crippen molar-refractivity contribution < 1.29 is 17.7 Å². The van der Waals surface area contributed by atoms with Crippen molar-refractivity contribution in [3.05, 3.63) is 67.2 Å². The second kappa shape index (κ2) is 4.94. The lowest BCUT2D eigenvalue weighted by Gasteiger charge is -2.06. The molecular weight excluding hydrogens is 309 g/mol. The standard InChI is InChI=1S/C10H6FN3O6S/c11-8-5-13(10(16)12-9(8)15)21(19,20)7-3-1-2-6(4-7)14(17)18/h1-5H,(H,12,15,16). The highest BCUT2D eigenvalue weighted by molar-refractivity contribution is 7.90. The minimum absolute atomic E-state index is 0.0389. The van der Waals surface area contributed by atoms with Crippen molar-refractivity contribution in [3.8, 4) is 0 Å². The largest absolute Gasteiger partial charge is 0.342 e. The second-order valence-electron chi connectivity index (χ2n) is 3.79. The summed E-state index contributed by atoms with van der Waals surface area (Å²) in [5, 5.41) is 10.6. The Kier molecular flexibility index (Phi) is 3.43. The van der Waals surface area contributed by atoms with E-state index in [-0.39, 0.29) is 10.2 Å². The van der Waals surface area contributed by atoms with Crippen molar-refractivity contribution in [1.82, 2.24) is 8.96 Å². The van der Waals surface area contributed by atoms with Gasteiger partial charge in [0.25, 0.3) is 21.3 Å². The van der Waals surface area contributed by atoms with Crippen LogP contribution in [-0.4, -0.2) is 22.3 Å². The number of nitro groups is 1. The van der Waals surface area contributed by atoms with Gasteiger partial charge < -0.3 is 0 Å². The molecule has 0 unspecified atom stereocenters. The summed E-state index contributed by atoms with van der Waals surface area (Å²) in [6.45, 7) is 0. The Bertz CT molecular complexity index is 946. The Labute approximate surface area is 115 Å². The molecule has 0 radical (unpaired) electrons. The fourth-order valence-corrected chi connectivity index (χ4v) is 2.72. The van der Waals surface area contributed by atoms with Gasteiger partial charge in [-0.3, -0.25) is 19.9 Å². The molecule has 1 aromatic heterocycles. The molecule has 9 nitrogen and oxygen atoms in total. The Morgan fingerprint density at radius 2 is 1.95 bits per heavy atom. The summed E-state index contributed by atoms with van der Waals surface area (Å²) in [4.78, 5) is 33.0. The topological polar surface area (TPSA) is 132 Å². The van der Waals surface area contributed by atoms with Crippen molar-refractivity contribution >= 4 is 15.7 Å². The molecule has 2 rings (SSSR count). The molecule has 11 heteroatoms. The zero-order valence-electron chi connectivity index (χ0n) is 10.0. The summed E-state index contributed by atoms with van der Waals surface area (Å²) >= 11 is 0. The number of halogens is 1. The van der Waals surface area contributed by atoms with Crippen molar-refractivity contribution in [2.75, 3.05) is 0 Å². The third kappa shape index (κ3) is 2.58. The quantitative estimate of drug-likeness (QED) is 0.617. The molecule has 1 aromatic carbocycles. The molecule has 2 aromatic rings. The first-order valence-electron chi connectivity index (χ1n) is 5.25. The minimum Gasteiger partial charge on any atom is -0.271 e. The predicted molar refractivity (Wildman–Crippen MR) is 67.0 cm³/mol. The van der Waals surface area contributed by atoms with E-state index in [9.17, 15) is 32.5 Å². The van der Waals surface area contributed by atoms with E-state index in [0.717, 1.165) is 18.2 Å². The Morgan fingerprint density at radius 3 is 2.57 bits per heavy atom. The molecule has 0 fully saturated rings. The van der Waals surface area contributed by atoms with Gasteiger partial charge in [-0.15, -0.1) is 0 Å². The number of hydrogen-bond donors (Lipinski definition) is 1. The normalized spacial score (nSPS) is 11.3. The SMILES string of the molecule is O=c1[nH]c(=O)n(S(=O)(=O)c2cccc([N+](=O)[O-])c2)cc1F. The van der Waals surface area contributed by atoms with E-state index in [1.54, 1.807) is 0 Å². The summed E-state index contributed by atoms with van der Waals surface area (Å²) in [7, 11) is -4.58. The van der Waals surface area contributed by atoms with Crippen LogP contribution in [0.3, 0.4) is 0 Å². The molecule has 0 aliphatic rings. The van der Waals surface area contributed by atoms with Gasteiger partial charge in [0.1, 0.15) is 0 Å². The monoisotopic (exact) mass is 315 g/mol. The first kappa shape index (κ1) is 14.6. The van der Waals surface area contributed by atoms with Crippen LogP contribution in [0.5, 0.6) is 0 Å². The first-order chi connectivity index (χ1) is 9.73. The van der Waals surface area contributed by atoms with Gasteiger partial charge in [0.15, 0.2) is 0 Å². The minimum atomic E-state index is -4.58. The molecule has 0 aliphatic heterocycles. The van der Waals surface area contributed by atoms with Crippen molar-refractivity contribution in [3.63, 3.8) is 0 Å². The number of nitro benzene ring substituents is 1. The van der Waals surface area contributed by atoms with Gasteiger partial charge in [-0.25, -0.2) is 13.2 Å². The summed E-state index contributed by atoms with van der Waals surface area (Å²) in [5.74, 6) is -1.48. The number of aromatic nitrogens is 2. The van der Waals surface area contributed by atoms with Gasteiger partial charge >= 0.3 is 5.69 Å². The van der Waals surface area contributed by atoms with E-state index in [4.69, 9.17) is 0 Å². The predicted octanol–water partition coefficient (Wildman–Crippen LogP) is -0.179. The number of nitrogens with one attached hydrogen (secondary N) is 1. The van der Waals surface area contributed by atoms with Crippen LogP contribution in [0.2, 0.25) is 0 Å². The van der Waals surface area contributed by atoms with Crippen LogP contribution in [0, 0.1) is 15.9 Å². The van der Waals surface area contributed by atoms with Gasteiger partial charge in [-0.2, -0.15) is 8.36 Å². The van der Waals surface area contributed by atoms with Crippen molar-refractivity contribution in [2.24, 2.45) is 0 Å². The maximum Gasteiger partial charge on any atom is 0.342 e. The molecule has 0 aliphatic carbocycles. The summed E-state index contributed by atoms with van der Waals surface area (Å²) in [6.07, 6.45) is 0.204. The zero-order chi connectivity index (χ0) is 15.8. The van der Waals surface area contributed by atoms with E-state index in [1.807, 2.05) is 0 Å². The highest BCUT2D eigenvalue weighted by Gasteiger charge is 2.22. The molecule has 0 bridgehead atoms. The average molecular weight is 315 g/mol. The number of rotatable bonds is 3. The Hall–Kier alpha value is -2.82. The number of nitrogens with zero attached hydrogens (tertiary/aromatic N) is 2. The number of benzene rings is 1. The lowest BCUT2D eigenvalue weighted by molar-refractivity contribution is -0.385. The molecule has 1 heterocycles. The summed E-state index contributed by atoms with van der Waals surface area (Å²) < 4.78 is 37.4. The molecule has 0 atom stereocenters. The molecule has 1 N–H and O–H groups in total. The summed E-state index contributed by atoms with van der Waals surface area (Å²) in [6, 6.07) is 3.86. The van der Waals surface area contributed by atoms with Gasteiger partial charge in [-0.1, -0.05) is 6.07 Å². The maximum atomic E-state index is 13.1. The molecule has 21 heavy (non-hydrogen) atoms. The van der Waals surface area contributed by atoms with E-state index in [1.165, 1.54) is 4.98 Å². The molecular formula is C10H6FN3O6S. The van der Waals surface area contributed by atoms with Crippen LogP contribution < -0.4 is 11.2 Å². The van der Waals surface area contributed by atoms with Gasteiger partial charge in [0.05, 0.1) is 16.0 Å². The molecule has 0 saturated carbocycles. The van der Waals surface area contributed by atoms with Crippen LogP contribution in [0.25, 0.3) is 0 Å². The van der Waals surface area contributed by atoms with Crippen LogP contribution in [-0.2, 0) is 10.0 Å². The fraction of sp³-hybridized carbons (Fsp3) is 0. The fourth-order valence-electron chi connectivity index (χ4n) is 1.48. The summed E-state index contributed by atoms with van der Waals surface area (Å²) in [5.41, 5.74) is -3.27. The molecule has 0 amide bonds. The van der Waals surface area contributed by atoms with Crippen LogP contribution in [0.1, 0.15) is 0 Å². The third-order valence-electron chi connectivity index (χ3n) is 2.45. The van der Waals surface area contributed by atoms with Gasteiger partial charge in [0.2, 0.25) is 5.82 Å². The lowest BCUT2D eigenvalue weighted by Crippen LogP contribution is -2.35. The van der Waals surface area contributed by atoms with Crippen molar-refractivity contribution in [1.29, 1.82) is 0 Å². The van der Waals surface area contributed by atoms with E-state index >= 15 is 0 Å². The Balaban J connectivity index is 2.71. The number of hydrogen-bond acceptors (Lipinski definition) is 6. The van der Waals surface area contributed by atoms with Crippen molar-refractivity contribution in [2.45, 2.75) is 4.90 Å². The second-order valence-corrected chi connectivity index (χ2v) is 5.61. The zero-order valence-corrected chi connectivity index (χ0v) is 10.8. The van der Waals surface area contributed by atoms with Gasteiger partial charge in [-0.05, 0) is 6.07 Å². The molecule has 110 valence electrons. The molecule has 0 spiro atoms. The Morgan fingerprint density at radius 1 is 1.29 bits per heavy atom. The van der Waals surface area contributed by atoms with Crippen LogP contribution >= 0.6 is 0 Å². The van der Waals surface area contributed by atoms with E-state index in [0.29, 0.717) is 6.07 Å². The number of non-ortho nitro benzene ring substituents is 1. The maximum absolute atomic E-state index is 13.1. The van der Waals surface area contributed by atoms with Crippen LogP contribution in [0.4, 0.5) is 10.1 Å².